The Kier molecular flexibility index (Phi) is 2.93. The van der Waals surface area contributed by atoms with E-state index < -0.39 is 5.97 Å². The maximum absolute atomic E-state index is 12.0. The van der Waals surface area contributed by atoms with Gasteiger partial charge in [-0.05, 0) is 29.7 Å². The van der Waals surface area contributed by atoms with E-state index in [0.717, 1.165) is 10.9 Å². The molecule has 19 heavy (non-hydrogen) atoms. The third-order valence-electron chi connectivity index (χ3n) is 2.68. The zero-order chi connectivity index (χ0) is 13.2. The standard InChI is InChI=1S/C14H9ClN2O2/c15-11-4-6-17-13(8-11)19-14(18)10-2-1-9-3-5-16-12(9)7-10/h1-8,16H. The fourth-order valence-electron chi connectivity index (χ4n) is 1.77. The molecule has 0 aliphatic heterocycles. The molecule has 0 aliphatic carbocycles. The number of H-pyrrole nitrogens is 1. The van der Waals surface area contributed by atoms with E-state index in [2.05, 4.69) is 9.97 Å². The number of pyridine rings is 1. The first-order valence-electron chi connectivity index (χ1n) is 5.63. The lowest BCUT2D eigenvalue weighted by Gasteiger charge is -2.03. The normalized spacial score (nSPS) is 10.6. The summed E-state index contributed by atoms with van der Waals surface area (Å²) < 4.78 is 5.16. The van der Waals surface area contributed by atoms with Gasteiger partial charge in [0, 0.05) is 29.0 Å². The number of aromatic nitrogens is 2. The first-order chi connectivity index (χ1) is 9.22. The van der Waals surface area contributed by atoms with Gasteiger partial charge in [-0.25, -0.2) is 9.78 Å². The number of ether oxygens (including phenoxy) is 1. The van der Waals surface area contributed by atoms with E-state index in [1.165, 1.54) is 12.3 Å². The summed E-state index contributed by atoms with van der Waals surface area (Å²) >= 11 is 5.80. The van der Waals surface area contributed by atoms with Crippen LogP contribution in [0.3, 0.4) is 0 Å². The fourth-order valence-corrected chi connectivity index (χ4v) is 1.92. The molecule has 2 aromatic heterocycles. The monoisotopic (exact) mass is 272 g/mol. The van der Waals surface area contributed by atoms with Crippen LogP contribution < -0.4 is 4.74 Å². The van der Waals surface area contributed by atoms with Crippen molar-refractivity contribution < 1.29 is 9.53 Å². The smallest absolute Gasteiger partial charge is 0.344 e. The molecule has 0 atom stereocenters. The van der Waals surface area contributed by atoms with Crippen molar-refractivity contribution in [1.29, 1.82) is 0 Å². The molecule has 0 aliphatic rings. The number of nitrogens with one attached hydrogen (secondary N) is 1. The van der Waals surface area contributed by atoms with Gasteiger partial charge in [0.05, 0.1) is 5.56 Å². The van der Waals surface area contributed by atoms with Crippen molar-refractivity contribution in [2.45, 2.75) is 0 Å². The van der Waals surface area contributed by atoms with Gasteiger partial charge in [-0.1, -0.05) is 17.7 Å². The number of halogens is 1. The fraction of sp³-hybridized carbons (Fsp3) is 0. The number of aromatic amines is 1. The van der Waals surface area contributed by atoms with Gasteiger partial charge >= 0.3 is 5.97 Å². The van der Waals surface area contributed by atoms with Crippen molar-refractivity contribution in [3.8, 4) is 5.88 Å². The van der Waals surface area contributed by atoms with Gasteiger partial charge in [-0.3, -0.25) is 0 Å². The van der Waals surface area contributed by atoms with Crippen LogP contribution in [-0.2, 0) is 0 Å². The summed E-state index contributed by atoms with van der Waals surface area (Å²) in [5, 5.41) is 1.51. The van der Waals surface area contributed by atoms with Gasteiger partial charge in [0.15, 0.2) is 0 Å². The van der Waals surface area contributed by atoms with E-state index in [0.29, 0.717) is 10.6 Å². The molecule has 94 valence electrons. The summed E-state index contributed by atoms with van der Waals surface area (Å²) in [4.78, 5) is 18.9. The maximum atomic E-state index is 12.0. The molecule has 1 aromatic carbocycles. The minimum Gasteiger partial charge on any atom is -0.404 e. The Labute approximate surface area is 114 Å². The first-order valence-corrected chi connectivity index (χ1v) is 6.01. The Balaban J connectivity index is 1.87. The van der Waals surface area contributed by atoms with Crippen LogP contribution in [0.1, 0.15) is 10.4 Å². The van der Waals surface area contributed by atoms with Crippen molar-refractivity contribution in [2.75, 3.05) is 0 Å². The van der Waals surface area contributed by atoms with Crippen LogP contribution in [0, 0.1) is 0 Å². The highest BCUT2D eigenvalue weighted by Gasteiger charge is 2.10. The van der Waals surface area contributed by atoms with Crippen molar-refractivity contribution in [3.63, 3.8) is 0 Å². The van der Waals surface area contributed by atoms with E-state index in [9.17, 15) is 4.79 Å². The van der Waals surface area contributed by atoms with Gasteiger partial charge in [0.1, 0.15) is 0 Å². The number of carbonyl (C=O) groups is 1. The highest BCUT2D eigenvalue weighted by atomic mass is 35.5. The highest BCUT2D eigenvalue weighted by Crippen LogP contribution is 2.18. The molecule has 0 spiro atoms. The summed E-state index contributed by atoms with van der Waals surface area (Å²) in [5.74, 6) is -0.282. The van der Waals surface area contributed by atoms with Gasteiger partial charge in [0.25, 0.3) is 0 Å². The highest BCUT2D eigenvalue weighted by molar-refractivity contribution is 6.30. The van der Waals surface area contributed by atoms with Crippen molar-refractivity contribution in [1.82, 2.24) is 9.97 Å². The Morgan fingerprint density at radius 3 is 2.95 bits per heavy atom. The second-order valence-corrected chi connectivity index (χ2v) is 4.42. The predicted octanol–water partition coefficient (Wildman–Crippen LogP) is 3.44. The molecule has 0 saturated heterocycles. The molecule has 0 saturated carbocycles. The second-order valence-electron chi connectivity index (χ2n) is 3.98. The molecule has 5 heteroatoms. The number of carbonyl (C=O) groups excluding carboxylic acids is 1. The molecule has 0 fully saturated rings. The van der Waals surface area contributed by atoms with Crippen LogP contribution >= 0.6 is 11.6 Å². The number of rotatable bonds is 2. The number of benzene rings is 1. The predicted molar refractivity (Wildman–Crippen MR) is 72.5 cm³/mol. The molecule has 0 amide bonds. The van der Waals surface area contributed by atoms with Gasteiger partial charge in [0.2, 0.25) is 5.88 Å². The molecular weight excluding hydrogens is 264 g/mol. The van der Waals surface area contributed by atoms with E-state index in [1.807, 2.05) is 18.3 Å². The lowest BCUT2D eigenvalue weighted by molar-refractivity contribution is 0.0727. The van der Waals surface area contributed by atoms with Crippen LogP contribution in [0.15, 0.2) is 48.8 Å². The quantitative estimate of drug-likeness (QED) is 0.727. The molecule has 2 heterocycles. The summed E-state index contributed by atoms with van der Waals surface area (Å²) in [7, 11) is 0. The molecule has 0 bridgehead atoms. The van der Waals surface area contributed by atoms with Crippen LogP contribution in [0.2, 0.25) is 5.02 Å². The summed E-state index contributed by atoms with van der Waals surface area (Å²) in [5.41, 5.74) is 1.34. The Morgan fingerprint density at radius 1 is 1.21 bits per heavy atom. The number of nitrogens with zero attached hydrogens (tertiary/aromatic N) is 1. The lowest BCUT2D eigenvalue weighted by atomic mass is 10.2. The Morgan fingerprint density at radius 2 is 2.11 bits per heavy atom. The van der Waals surface area contributed by atoms with Gasteiger partial charge in [-0.2, -0.15) is 0 Å². The molecule has 0 radical (unpaired) electrons. The van der Waals surface area contributed by atoms with E-state index in [1.54, 1.807) is 18.2 Å². The van der Waals surface area contributed by atoms with Gasteiger partial charge < -0.3 is 9.72 Å². The zero-order valence-corrected chi connectivity index (χ0v) is 10.5. The van der Waals surface area contributed by atoms with E-state index in [-0.39, 0.29) is 5.88 Å². The first kappa shape index (κ1) is 11.7. The van der Waals surface area contributed by atoms with Crippen LogP contribution in [0.5, 0.6) is 5.88 Å². The average molecular weight is 273 g/mol. The molecule has 3 rings (SSSR count). The summed E-state index contributed by atoms with van der Waals surface area (Å²) in [6.07, 6.45) is 3.30. The summed E-state index contributed by atoms with van der Waals surface area (Å²) in [6, 6.07) is 10.3. The SMILES string of the molecule is O=C(Oc1cc(Cl)ccn1)c1ccc2cc[nH]c2c1. The number of hydrogen-bond acceptors (Lipinski definition) is 3. The molecule has 4 nitrogen and oxygen atoms in total. The number of hydrogen-bond donors (Lipinski definition) is 1. The van der Waals surface area contributed by atoms with E-state index in [4.69, 9.17) is 16.3 Å². The third kappa shape index (κ3) is 2.44. The topological polar surface area (TPSA) is 55.0 Å². The summed E-state index contributed by atoms with van der Waals surface area (Å²) in [6.45, 7) is 0. The maximum Gasteiger partial charge on any atom is 0.344 e. The molecule has 0 unspecified atom stereocenters. The zero-order valence-electron chi connectivity index (χ0n) is 9.76. The number of fused-ring (bicyclic) bond motifs is 1. The average Bonchev–Trinajstić information content (AvgIpc) is 2.85. The molecule has 1 N–H and O–H groups in total. The Hall–Kier alpha value is -2.33. The van der Waals surface area contributed by atoms with Crippen LogP contribution in [0.4, 0.5) is 0 Å². The van der Waals surface area contributed by atoms with Gasteiger partial charge in [-0.15, -0.1) is 0 Å². The van der Waals surface area contributed by atoms with Crippen molar-refractivity contribution in [3.05, 3.63) is 59.4 Å². The minimum absolute atomic E-state index is 0.184. The molecular formula is C14H9ClN2O2. The third-order valence-corrected chi connectivity index (χ3v) is 2.92. The van der Waals surface area contributed by atoms with Crippen molar-refractivity contribution in [2.24, 2.45) is 0 Å². The Bertz CT molecular complexity index is 752. The van der Waals surface area contributed by atoms with E-state index >= 15 is 0 Å². The van der Waals surface area contributed by atoms with Crippen LogP contribution in [-0.4, -0.2) is 15.9 Å². The second kappa shape index (κ2) is 4.74. The van der Waals surface area contributed by atoms with Crippen LogP contribution in [0.25, 0.3) is 10.9 Å². The number of esters is 1. The van der Waals surface area contributed by atoms with Crippen molar-refractivity contribution >= 4 is 28.5 Å². The molecule has 3 aromatic rings. The largest absolute Gasteiger partial charge is 0.404 e. The lowest BCUT2D eigenvalue weighted by Crippen LogP contribution is -2.09. The minimum atomic E-state index is -0.466.